The fourth-order valence-corrected chi connectivity index (χ4v) is 2.01. The number of unbranched alkanes of at least 4 members (excludes halogenated alkanes) is 2. The van der Waals surface area contributed by atoms with Crippen LogP contribution in [0.3, 0.4) is 0 Å². The fraction of sp³-hybridized carbons (Fsp3) is 0.526. The molecule has 0 aliphatic carbocycles. The number of hydrogen-bond acceptors (Lipinski definition) is 4. The smallest absolute Gasteiger partial charge is 0.124 e. The molecule has 0 aliphatic rings. The second-order valence-corrected chi connectivity index (χ2v) is 5.08. The molecule has 0 amide bonds. The van der Waals surface area contributed by atoms with Gasteiger partial charge in [-0.3, -0.25) is 0 Å². The molecule has 2 rings (SSSR count). The van der Waals surface area contributed by atoms with Gasteiger partial charge in [-0.25, -0.2) is 0 Å². The van der Waals surface area contributed by atoms with E-state index < -0.39 is 0 Å². The second kappa shape index (κ2) is 12.7. The first-order valence-corrected chi connectivity index (χ1v) is 8.51. The van der Waals surface area contributed by atoms with E-state index in [9.17, 15) is 0 Å². The van der Waals surface area contributed by atoms with E-state index in [1.54, 1.807) is 6.26 Å². The highest BCUT2D eigenvalue weighted by molar-refractivity contribution is 5.26. The minimum Gasteiger partial charge on any atom is -0.491 e. The summed E-state index contributed by atoms with van der Waals surface area (Å²) >= 11 is 0. The third-order valence-corrected chi connectivity index (χ3v) is 3.23. The van der Waals surface area contributed by atoms with Crippen LogP contribution in [0.5, 0.6) is 5.75 Å². The van der Waals surface area contributed by atoms with Crippen LogP contribution in [0, 0.1) is 6.92 Å². The first-order chi connectivity index (χ1) is 11.3. The molecule has 1 heterocycles. The molecule has 1 aromatic heterocycles. The summed E-state index contributed by atoms with van der Waals surface area (Å²) in [6.45, 7) is 8.09. The molecule has 0 unspecified atom stereocenters. The molecule has 0 fully saturated rings. The first kappa shape index (κ1) is 19.2. The number of nitrogens with zero attached hydrogens (tertiary/aromatic N) is 1. The lowest BCUT2D eigenvalue weighted by atomic mass is 10.1. The summed E-state index contributed by atoms with van der Waals surface area (Å²) < 4.78 is 15.9. The standard InChI is InChI=1S/C17H23NO3.C2H6/c1-15-6-8-17(9-7-15)20-14-13-19-11-4-2-3-5-16-10-12-21-18-16;1-2/h6-10,12H,2-5,11,13-14H2,1H3;1-2H3. The van der Waals surface area contributed by atoms with Crippen LogP contribution in [0.2, 0.25) is 0 Å². The van der Waals surface area contributed by atoms with Crippen LogP contribution in [0.1, 0.15) is 44.4 Å². The molecule has 2 aromatic rings. The minimum atomic E-state index is 0.599. The lowest BCUT2D eigenvalue weighted by Crippen LogP contribution is -2.07. The van der Waals surface area contributed by atoms with Gasteiger partial charge in [0.1, 0.15) is 18.6 Å². The SMILES string of the molecule is CC.Cc1ccc(OCCOCCCCCc2ccon2)cc1. The summed E-state index contributed by atoms with van der Waals surface area (Å²) in [5.74, 6) is 0.900. The Morgan fingerprint density at radius 2 is 1.70 bits per heavy atom. The molecule has 0 atom stereocenters. The zero-order valence-corrected chi connectivity index (χ0v) is 14.6. The quantitative estimate of drug-likeness (QED) is 0.589. The molecule has 4 heteroatoms. The van der Waals surface area contributed by atoms with Gasteiger partial charge in [-0.05, 0) is 38.3 Å². The van der Waals surface area contributed by atoms with Crippen molar-refractivity contribution in [2.24, 2.45) is 0 Å². The van der Waals surface area contributed by atoms with Crippen LogP contribution in [0.25, 0.3) is 0 Å². The molecule has 0 spiro atoms. The molecule has 1 aromatic carbocycles. The van der Waals surface area contributed by atoms with Crippen molar-refractivity contribution < 1.29 is 14.0 Å². The summed E-state index contributed by atoms with van der Waals surface area (Å²) in [6.07, 6.45) is 5.93. The van der Waals surface area contributed by atoms with Gasteiger partial charge in [0.05, 0.1) is 12.3 Å². The Kier molecular flexibility index (Phi) is 10.6. The summed E-state index contributed by atoms with van der Waals surface area (Å²) in [4.78, 5) is 0. The van der Waals surface area contributed by atoms with Crippen molar-refractivity contribution in [3.63, 3.8) is 0 Å². The predicted molar refractivity (Wildman–Crippen MR) is 92.9 cm³/mol. The van der Waals surface area contributed by atoms with Gasteiger partial charge in [0.15, 0.2) is 0 Å². The monoisotopic (exact) mass is 319 g/mol. The molecule has 0 aliphatic heterocycles. The van der Waals surface area contributed by atoms with Crippen molar-refractivity contribution in [1.29, 1.82) is 0 Å². The maximum absolute atomic E-state index is 5.59. The van der Waals surface area contributed by atoms with Gasteiger partial charge in [0.2, 0.25) is 0 Å². The van der Waals surface area contributed by atoms with Gasteiger partial charge in [-0.1, -0.05) is 43.1 Å². The molecule has 0 N–H and O–H groups in total. The van der Waals surface area contributed by atoms with E-state index in [1.807, 2.05) is 44.2 Å². The largest absolute Gasteiger partial charge is 0.491 e. The first-order valence-electron chi connectivity index (χ1n) is 8.51. The highest BCUT2D eigenvalue weighted by Gasteiger charge is 1.97. The van der Waals surface area contributed by atoms with Gasteiger partial charge in [0.25, 0.3) is 0 Å². The average Bonchev–Trinajstić information content (AvgIpc) is 3.10. The maximum Gasteiger partial charge on any atom is 0.124 e. The zero-order valence-electron chi connectivity index (χ0n) is 14.6. The highest BCUT2D eigenvalue weighted by Crippen LogP contribution is 2.11. The Morgan fingerprint density at radius 3 is 2.39 bits per heavy atom. The van der Waals surface area contributed by atoms with Crippen molar-refractivity contribution in [2.75, 3.05) is 19.8 Å². The molecule has 23 heavy (non-hydrogen) atoms. The minimum absolute atomic E-state index is 0.599. The number of benzene rings is 1. The van der Waals surface area contributed by atoms with Crippen LogP contribution in [0.4, 0.5) is 0 Å². The lowest BCUT2D eigenvalue weighted by Gasteiger charge is -2.07. The Hall–Kier alpha value is -1.81. The van der Waals surface area contributed by atoms with Crippen LogP contribution in [-0.2, 0) is 11.2 Å². The van der Waals surface area contributed by atoms with E-state index in [0.29, 0.717) is 13.2 Å². The fourth-order valence-electron chi connectivity index (χ4n) is 2.01. The van der Waals surface area contributed by atoms with Gasteiger partial charge in [-0.2, -0.15) is 0 Å². The molecule has 128 valence electrons. The number of aromatic nitrogens is 1. The van der Waals surface area contributed by atoms with Crippen LogP contribution in [0.15, 0.2) is 41.1 Å². The van der Waals surface area contributed by atoms with Crippen molar-refractivity contribution >= 4 is 0 Å². The average molecular weight is 319 g/mol. The molecule has 0 saturated carbocycles. The molecule has 0 radical (unpaired) electrons. The summed E-state index contributed by atoms with van der Waals surface area (Å²) in [6, 6.07) is 9.98. The summed E-state index contributed by atoms with van der Waals surface area (Å²) in [5.41, 5.74) is 2.27. The van der Waals surface area contributed by atoms with E-state index in [4.69, 9.17) is 14.0 Å². The van der Waals surface area contributed by atoms with Gasteiger partial charge in [-0.15, -0.1) is 0 Å². The molecule has 0 saturated heterocycles. The van der Waals surface area contributed by atoms with Gasteiger partial charge < -0.3 is 14.0 Å². The second-order valence-electron chi connectivity index (χ2n) is 5.08. The topological polar surface area (TPSA) is 44.5 Å². The van der Waals surface area contributed by atoms with Crippen molar-refractivity contribution in [3.05, 3.63) is 47.9 Å². The van der Waals surface area contributed by atoms with E-state index >= 15 is 0 Å². The van der Waals surface area contributed by atoms with E-state index in [0.717, 1.165) is 43.7 Å². The molecule has 0 bridgehead atoms. The van der Waals surface area contributed by atoms with Crippen LogP contribution in [-0.4, -0.2) is 25.0 Å². The third kappa shape index (κ3) is 9.04. The van der Waals surface area contributed by atoms with E-state index in [1.165, 1.54) is 5.56 Å². The highest BCUT2D eigenvalue weighted by atomic mass is 16.5. The van der Waals surface area contributed by atoms with Crippen LogP contribution >= 0.6 is 0 Å². The Morgan fingerprint density at radius 1 is 0.913 bits per heavy atom. The normalized spacial score (nSPS) is 10.0. The lowest BCUT2D eigenvalue weighted by molar-refractivity contribution is 0.0971. The number of rotatable bonds is 10. The number of ether oxygens (including phenoxy) is 2. The van der Waals surface area contributed by atoms with Gasteiger partial charge in [0, 0.05) is 12.7 Å². The number of aryl methyl sites for hydroxylation is 2. The van der Waals surface area contributed by atoms with Crippen molar-refractivity contribution in [2.45, 2.75) is 46.5 Å². The Labute approximate surface area is 139 Å². The van der Waals surface area contributed by atoms with E-state index in [2.05, 4.69) is 12.1 Å². The molecular weight excluding hydrogens is 290 g/mol. The van der Waals surface area contributed by atoms with Crippen LogP contribution < -0.4 is 4.74 Å². The zero-order chi connectivity index (χ0) is 16.8. The Bertz CT molecular complexity index is 480. The maximum atomic E-state index is 5.59. The third-order valence-electron chi connectivity index (χ3n) is 3.23. The van der Waals surface area contributed by atoms with Crippen molar-refractivity contribution in [1.82, 2.24) is 5.16 Å². The van der Waals surface area contributed by atoms with E-state index in [-0.39, 0.29) is 0 Å². The number of hydrogen-bond donors (Lipinski definition) is 0. The van der Waals surface area contributed by atoms with Crippen molar-refractivity contribution in [3.8, 4) is 5.75 Å². The Balaban J connectivity index is 0.00000127. The van der Waals surface area contributed by atoms with Gasteiger partial charge >= 0.3 is 0 Å². The summed E-state index contributed by atoms with van der Waals surface area (Å²) in [7, 11) is 0. The predicted octanol–water partition coefficient (Wildman–Crippen LogP) is 4.82. The molecular formula is C19H29NO3. The molecule has 4 nitrogen and oxygen atoms in total. The summed E-state index contributed by atoms with van der Waals surface area (Å²) in [5, 5.41) is 3.89.